The molecule has 2 rings (SSSR count). The fraction of sp³-hybridized carbons (Fsp3) is 0.167. The molecule has 0 fully saturated rings. The molecule has 110 valence electrons. The van der Waals surface area contributed by atoms with Gasteiger partial charge in [-0.25, -0.2) is 9.78 Å². The first-order valence-corrected chi connectivity index (χ1v) is 7.03. The second-order valence-corrected chi connectivity index (χ2v) is 5.81. The Kier molecular flexibility index (Phi) is 4.71. The Morgan fingerprint density at radius 1 is 1.43 bits per heavy atom. The van der Waals surface area contributed by atoms with Crippen LogP contribution in [0, 0.1) is 10.1 Å². The van der Waals surface area contributed by atoms with E-state index < -0.39 is 10.9 Å². The maximum absolute atomic E-state index is 10.9. The maximum Gasteiger partial charge on any atom is 0.354 e. The van der Waals surface area contributed by atoms with E-state index in [1.54, 1.807) is 6.07 Å². The largest absolute Gasteiger partial charge is 0.477 e. The van der Waals surface area contributed by atoms with Gasteiger partial charge >= 0.3 is 11.7 Å². The fourth-order valence-corrected chi connectivity index (χ4v) is 2.73. The molecule has 0 atom stereocenters. The number of nitrogens with zero attached hydrogens (tertiary/aromatic N) is 2. The Labute approximate surface area is 128 Å². The Balaban J connectivity index is 2.11. The summed E-state index contributed by atoms with van der Waals surface area (Å²) in [5, 5.41) is 22.6. The van der Waals surface area contributed by atoms with E-state index in [-0.39, 0.29) is 17.2 Å². The molecule has 2 N–H and O–H groups in total. The molecule has 0 bridgehead atoms. The monoisotopic (exact) mass is 327 g/mol. The molecular formula is C12H10ClN3O4S. The van der Waals surface area contributed by atoms with Crippen molar-refractivity contribution in [2.45, 2.75) is 6.42 Å². The van der Waals surface area contributed by atoms with Gasteiger partial charge in [0.15, 0.2) is 5.69 Å². The van der Waals surface area contributed by atoms with Crippen LogP contribution < -0.4 is 5.32 Å². The summed E-state index contributed by atoms with van der Waals surface area (Å²) >= 11 is 7.23. The summed E-state index contributed by atoms with van der Waals surface area (Å²) in [5.74, 6) is -1.29. The van der Waals surface area contributed by atoms with Crippen LogP contribution in [0.4, 0.5) is 11.5 Å². The van der Waals surface area contributed by atoms with Crippen molar-refractivity contribution in [3.63, 3.8) is 0 Å². The third-order valence-corrected chi connectivity index (χ3v) is 3.87. The van der Waals surface area contributed by atoms with Crippen LogP contribution in [0.3, 0.4) is 0 Å². The van der Waals surface area contributed by atoms with E-state index in [0.29, 0.717) is 17.3 Å². The highest BCUT2D eigenvalue weighted by Crippen LogP contribution is 2.24. The molecule has 0 unspecified atom stereocenters. The molecule has 2 aromatic heterocycles. The number of nitro groups is 1. The minimum atomic E-state index is -1.24. The first kappa shape index (κ1) is 15.2. The first-order valence-electron chi connectivity index (χ1n) is 5.84. The second kappa shape index (κ2) is 6.51. The van der Waals surface area contributed by atoms with Crippen LogP contribution >= 0.6 is 22.9 Å². The minimum Gasteiger partial charge on any atom is -0.477 e. The van der Waals surface area contributed by atoms with Crippen molar-refractivity contribution < 1.29 is 14.8 Å². The Hall–Kier alpha value is -2.19. The number of carbonyl (C=O) groups is 1. The van der Waals surface area contributed by atoms with Gasteiger partial charge < -0.3 is 10.4 Å². The third kappa shape index (κ3) is 3.89. The van der Waals surface area contributed by atoms with Crippen LogP contribution in [-0.4, -0.2) is 27.5 Å². The smallest absolute Gasteiger partial charge is 0.354 e. The molecule has 2 aromatic rings. The number of hydrogen-bond donors (Lipinski definition) is 2. The van der Waals surface area contributed by atoms with Crippen LogP contribution in [0.1, 0.15) is 15.4 Å². The maximum atomic E-state index is 10.9. The lowest BCUT2D eigenvalue weighted by Crippen LogP contribution is -2.10. The molecule has 0 radical (unpaired) electrons. The number of nitrogens with one attached hydrogen (secondary N) is 1. The highest BCUT2D eigenvalue weighted by molar-refractivity contribution is 7.16. The standard InChI is InChI=1S/C12H10ClN3O4S/c13-10-4-1-7(21-10)5-6-14-11-9(16(19)20)3-2-8(15-11)12(17)18/h1-4H,5-6H2,(H,14,15)(H,17,18). The first-order chi connectivity index (χ1) is 9.97. The van der Waals surface area contributed by atoms with Gasteiger partial charge in [0, 0.05) is 17.5 Å². The van der Waals surface area contributed by atoms with Gasteiger partial charge in [-0.15, -0.1) is 11.3 Å². The predicted molar refractivity (Wildman–Crippen MR) is 79.4 cm³/mol. The van der Waals surface area contributed by atoms with Crippen molar-refractivity contribution in [2.24, 2.45) is 0 Å². The molecule has 0 aliphatic rings. The number of carboxylic acid groups (broad SMARTS) is 1. The number of halogens is 1. The Bertz CT molecular complexity index is 689. The van der Waals surface area contributed by atoms with Crippen molar-refractivity contribution in [1.29, 1.82) is 0 Å². The van der Waals surface area contributed by atoms with E-state index in [2.05, 4.69) is 10.3 Å². The fourth-order valence-electron chi connectivity index (χ4n) is 1.64. The summed E-state index contributed by atoms with van der Waals surface area (Å²) in [7, 11) is 0. The Morgan fingerprint density at radius 2 is 2.19 bits per heavy atom. The van der Waals surface area contributed by atoms with Crippen LogP contribution in [-0.2, 0) is 6.42 Å². The molecule has 7 nitrogen and oxygen atoms in total. The van der Waals surface area contributed by atoms with Crippen LogP contribution in [0.2, 0.25) is 4.34 Å². The molecule has 0 amide bonds. The van der Waals surface area contributed by atoms with Crippen LogP contribution in [0.5, 0.6) is 0 Å². The molecule has 0 aromatic carbocycles. The lowest BCUT2D eigenvalue weighted by atomic mass is 10.3. The van der Waals surface area contributed by atoms with E-state index in [4.69, 9.17) is 16.7 Å². The average Bonchev–Trinajstić information content (AvgIpc) is 2.84. The predicted octanol–water partition coefficient (Wildman–Crippen LogP) is 3.06. The highest BCUT2D eigenvalue weighted by Gasteiger charge is 2.18. The van der Waals surface area contributed by atoms with Gasteiger partial charge in [-0.05, 0) is 24.6 Å². The minimum absolute atomic E-state index is 0.0532. The summed E-state index contributed by atoms with van der Waals surface area (Å²) in [6.07, 6.45) is 0.605. The zero-order valence-corrected chi connectivity index (χ0v) is 12.1. The van der Waals surface area contributed by atoms with Crippen molar-refractivity contribution >= 4 is 40.4 Å². The topological polar surface area (TPSA) is 105 Å². The number of aromatic nitrogens is 1. The molecular weight excluding hydrogens is 318 g/mol. The van der Waals surface area contributed by atoms with E-state index in [0.717, 1.165) is 17.0 Å². The average molecular weight is 328 g/mol. The van der Waals surface area contributed by atoms with Crippen LogP contribution in [0.25, 0.3) is 0 Å². The van der Waals surface area contributed by atoms with Crippen LogP contribution in [0.15, 0.2) is 24.3 Å². The van der Waals surface area contributed by atoms with E-state index in [1.165, 1.54) is 11.3 Å². The molecule has 0 saturated heterocycles. The quantitative estimate of drug-likeness (QED) is 0.624. The summed E-state index contributed by atoms with van der Waals surface area (Å²) < 4.78 is 0.669. The number of hydrogen-bond acceptors (Lipinski definition) is 6. The third-order valence-electron chi connectivity index (χ3n) is 2.58. The van der Waals surface area contributed by atoms with Gasteiger partial charge in [0.05, 0.1) is 9.26 Å². The number of carboxylic acids is 1. The molecule has 9 heteroatoms. The van der Waals surface area contributed by atoms with E-state index in [9.17, 15) is 14.9 Å². The van der Waals surface area contributed by atoms with Crippen molar-refractivity contribution in [2.75, 3.05) is 11.9 Å². The molecule has 0 aliphatic carbocycles. The van der Waals surface area contributed by atoms with Gasteiger partial charge in [-0.2, -0.15) is 0 Å². The van der Waals surface area contributed by atoms with Crippen molar-refractivity contribution in [1.82, 2.24) is 4.98 Å². The summed E-state index contributed by atoms with van der Waals surface area (Å²) in [6.45, 7) is 0.383. The highest BCUT2D eigenvalue weighted by atomic mass is 35.5. The number of rotatable bonds is 6. The molecule has 2 heterocycles. The number of anilines is 1. The Morgan fingerprint density at radius 3 is 2.76 bits per heavy atom. The van der Waals surface area contributed by atoms with Gasteiger partial charge in [-0.1, -0.05) is 11.6 Å². The summed E-state index contributed by atoms with van der Waals surface area (Å²) in [4.78, 5) is 25.9. The van der Waals surface area contributed by atoms with Gasteiger partial charge in [0.1, 0.15) is 0 Å². The molecule has 0 spiro atoms. The zero-order chi connectivity index (χ0) is 15.4. The normalized spacial score (nSPS) is 10.3. The number of thiophene rings is 1. The van der Waals surface area contributed by atoms with Crippen molar-refractivity contribution in [3.8, 4) is 0 Å². The summed E-state index contributed by atoms with van der Waals surface area (Å²) in [5.41, 5.74) is -0.508. The molecule has 0 saturated carbocycles. The molecule has 21 heavy (non-hydrogen) atoms. The van der Waals surface area contributed by atoms with E-state index >= 15 is 0 Å². The van der Waals surface area contributed by atoms with Gasteiger partial charge in [0.25, 0.3) is 0 Å². The lowest BCUT2D eigenvalue weighted by Gasteiger charge is -2.06. The van der Waals surface area contributed by atoms with Gasteiger partial charge in [-0.3, -0.25) is 10.1 Å². The van der Waals surface area contributed by atoms with E-state index in [1.807, 2.05) is 6.07 Å². The SMILES string of the molecule is O=C(O)c1ccc([N+](=O)[O-])c(NCCc2ccc(Cl)s2)n1. The zero-order valence-electron chi connectivity index (χ0n) is 10.6. The summed E-state index contributed by atoms with van der Waals surface area (Å²) in [6, 6.07) is 5.86. The molecule has 0 aliphatic heterocycles. The second-order valence-electron chi connectivity index (χ2n) is 4.01. The lowest BCUT2D eigenvalue weighted by molar-refractivity contribution is -0.384. The van der Waals surface area contributed by atoms with Crippen molar-refractivity contribution in [3.05, 3.63) is 49.3 Å². The number of pyridine rings is 1. The number of aromatic carboxylic acids is 1. The van der Waals surface area contributed by atoms with Gasteiger partial charge in [0.2, 0.25) is 5.82 Å².